The number of anilines is 1. The van der Waals surface area contributed by atoms with E-state index in [9.17, 15) is 13.2 Å². The molecule has 1 amide bonds. The molecule has 1 saturated heterocycles. The Labute approximate surface area is 196 Å². The highest BCUT2D eigenvalue weighted by atomic mass is 35.5. The van der Waals surface area contributed by atoms with Crippen molar-refractivity contribution in [3.63, 3.8) is 0 Å². The van der Waals surface area contributed by atoms with Gasteiger partial charge in [0, 0.05) is 23.8 Å². The molecule has 2 heterocycles. The first-order valence-corrected chi connectivity index (χ1v) is 12.0. The fourth-order valence-electron chi connectivity index (χ4n) is 3.58. The number of rotatable bonds is 6. The predicted molar refractivity (Wildman–Crippen MR) is 124 cm³/mol. The SMILES string of the molecule is COc1ccc(NC(=O)c2cnn(-c3cccc(Cl)c3)c2C)cc1S(=O)(=O)N1CCOCC1. The summed E-state index contributed by atoms with van der Waals surface area (Å²) in [4.78, 5) is 12.9. The van der Waals surface area contributed by atoms with Gasteiger partial charge >= 0.3 is 0 Å². The van der Waals surface area contributed by atoms with E-state index in [0.29, 0.717) is 35.2 Å². The number of benzene rings is 2. The second-order valence-corrected chi connectivity index (χ2v) is 9.71. The van der Waals surface area contributed by atoms with E-state index in [1.807, 2.05) is 6.07 Å². The highest BCUT2D eigenvalue weighted by Gasteiger charge is 2.30. The smallest absolute Gasteiger partial charge is 0.259 e. The summed E-state index contributed by atoms with van der Waals surface area (Å²) in [6.07, 6.45) is 1.46. The summed E-state index contributed by atoms with van der Waals surface area (Å²) in [5.74, 6) is -0.217. The van der Waals surface area contributed by atoms with Crippen LogP contribution in [-0.2, 0) is 14.8 Å². The Hall–Kier alpha value is -2.92. The van der Waals surface area contributed by atoms with Gasteiger partial charge in [0.15, 0.2) is 0 Å². The zero-order valence-electron chi connectivity index (χ0n) is 18.1. The highest BCUT2D eigenvalue weighted by Crippen LogP contribution is 2.30. The lowest BCUT2D eigenvalue weighted by Crippen LogP contribution is -2.40. The molecule has 0 atom stereocenters. The summed E-state index contributed by atoms with van der Waals surface area (Å²) in [5.41, 5.74) is 2.01. The second-order valence-electron chi connectivity index (χ2n) is 7.37. The summed E-state index contributed by atoms with van der Waals surface area (Å²) in [6, 6.07) is 11.6. The maximum absolute atomic E-state index is 13.2. The number of hydrogen-bond acceptors (Lipinski definition) is 6. The largest absolute Gasteiger partial charge is 0.495 e. The number of aromatic nitrogens is 2. The van der Waals surface area contributed by atoms with Crippen LogP contribution in [0.4, 0.5) is 5.69 Å². The van der Waals surface area contributed by atoms with Crippen molar-refractivity contribution in [3.8, 4) is 11.4 Å². The Bertz CT molecular complexity index is 1290. The summed E-state index contributed by atoms with van der Waals surface area (Å²) in [5, 5.41) is 7.61. The number of methoxy groups -OCH3 is 1. The van der Waals surface area contributed by atoms with Crippen molar-refractivity contribution in [2.45, 2.75) is 11.8 Å². The van der Waals surface area contributed by atoms with Crippen molar-refractivity contribution in [1.82, 2.24) is 14.1 Å². The fourth-order valence-corrected chi connectivity index (χ4v) is 5.36. The van der Waals surface area contributed by atoms with Gasteiger partial charge in [0.05, 0.1) is 43.5 Å². The summed E-state index contributed by atoms with van der Waals surface area (Å²) < 4.78 is 39.8. The average Bonchev–Trinajstić information content (AvgIpc) is 3.21. The van der Waals surface area contributed by atoms with Gasteiger partial charge in [0.2, 0.25) is 10.0 Å². The quantitative estimate of drug-likeness (QED) is 0.569. The molecule has 0 radical (unpaired) electrons. The molecule has 33 heavy (non-hydrogen) atoms. The summed E-state index contributed by atoms with van der Waals surface area (Å²) in [6.45, 7) is 2.93. The van der Waals surface area contributed by atoms with Gasteiger partial charge in [-0.05, 0) is 43.3 Å². The van der Waals surface area contributed by atoms with Gasteiger partial charge in [-0.1, -0.05) is 17.7 Å². The Morgan fingerprint density at radius 1 is 1.18 bits per heavy atom. The van der Waals surface area contributed by atoms with Crippen molar-refractivity contribution < 1.29 is 22.7 Å². The number of carbonyl (C=O) groups excluding carboxylic acids is 1. The molecule has 1 N–H and O–H groups in total. The molecule has 3 aromatic rings. The van der Waals surface area contributed by atoms with E-state index in [4.69, 9.17) is 21.1 Å². The third kappa shape index (κ3) is 4.74. The van der Waals surface area contributed by atoms with E-state index in [2.05, 4.69) is 10.4 Å². The van der Waals surface area contributed by atoms with Crippen LogP contribution in [0.3, 0.4) is 0 Å². The molecule has 0 unspecified atom stereocenters. The molecule has 0 saturated carbocycles. The molecule has 174 valence electrons. The van der Waals surface area contributed by atoms with Crippen molar-refractivity contribution in [3.05, 3.63) is 64.9 Å². The topological polar surface area (TPSA) is 103 Å². The average molecular weight is 491 g/mol. The lowest BCUT2D eigenvalue weighted by molar-refractivity contribution is 0.0729. The molecular formula is C22H23ClN4O5S. The van der Waals surface area contributed by atoms with Crippen molar-refractivity contribution in [2.24, 2.45) is 0 Å². The molecule has 9 nitrogen and oxygen atoms in total. The van der Waals surface area contributed by atoms with Gasteiger partial charge in [-0.3, -0.25) is 4.79 Å². The molecule has 2 aromatic carbocycles. The lowest BCUT2D eigenvalue weighted by atomic mass is 10.2. The molecule has 0 bridgehead atoms. The van der Waals surface area contributed by atoms with Crippen molar-refractivity contribution >= 4 is 33.2 Å². The number of morpholine rings is 1. The molecule has 1 aromatic heterocycles. The van der Waals surface area contributed by atoms with Crippen LogP contribution in [0.5, 0.6) is 5.75 Å². The van der Waals surface area contributed by atoms with Crippen LogP contribution >= 0.6 is 11.6 Å². The van der Waals surface area contributed by atoms with Crippen LogP contribution < -0.4 is 10.1 Å². The minimum Gasteiger partial charge on any atom is -0.495 e. The number of ether oxygens (including phenoxy) is 2. The third-order valence-corrected chi connectivity index (χ3v) is 7.47. The second kappa shape index (κ2) is 9.52. The molecular weight excluding hydrogens is 468 g/mol. The number of hydrogen-bond donors (Lipinski definition) is 1. The van der Waals surface area contributed by atoms with E-state index in [1.54, 1.807) is 35.9 Å². The third-order valence-electron chi connectivity index (χ3n) is 5.32. The van der Waals surface area contributed by atoms with Crippen LogP contribution in [0, 0.1) is 6.92 Å². The Morgan fingerprint density at radius 2 is 1.94 bits per heavy atom. The number of nitrogens with zero attached hydrogens (tertiary/aromatic N) is 3. The molecule has 1 fully saturated rings. The molecule has 11 heteroatoms. The van der Waals surface area contributed by atoms with Crippen LogP contribution in [0.1, 0.15) is 16.1 Å². The van der Waals surface area contributed by atoms with E-state index >= 15 is 0 Å². The van der Waals surface area contributed by atoms with Crippen molar-refractivity contribution in [1.29, 1.82) is 0 Å². The Kier molecular flexibility index (Phi) is 6.71. The van der Waals surface area contributed by atoms with E-state index in [0.717, 1.165) is 5.69 Å². The fraction of sp³-hybridized carbons (Fsp3) is 0.273. The standard InChI is InChI=1S/C22H23ClN4O5S/c1-15-19(14-24-27(15)18-5-3-4-16(23)12-18)22(28)25-17-6-7-20(31-2)21(13-17)33(29,30)26-8-10-32-11-9-26/h3-7,12-14H,8-11H2,1-2H3,(H,25,28). The summed E-state index contributed by atoms with van der Waals surface area (Å²) in [7, 11) is -2.42. The van der Waals surface area contributed by atoms with Gasteiger partial charge in [-0.25, -0.2) is 13.1 Å². The van der Waals surface area contributed by atoms with E-state index in [1.165, 1.54) is 29.7 Å². The van der Waals surface area contributed by atoms with Crippen LogP contribution in [0.15, 0.2) is 53.6 Å². The molecule has 1 aliphatic rings. The summed E-state index contributed by atoms with van der Waals surface area (Å²) >= 11 is 6.07. The van der Waals surface area contributed by atoms with Gasteiger partial charge in [0.1, 0.15) is 10.6 Å². The first-order chi connectivity index (χ1) is 15.8. The maximum Gasteiger partial charge on any atom is 0.259 e. The van der Waals surface area contributed by atoms with Gasteiger partial charge in [-0.15, -0.1) is 0 Å². The first-order valence-electron chi connectivity index (χ1n) is 10.2. The van der Waals surface area contributed by atoms with Crippen LogP contribution in [0.2, 0.25) is 5.02 Å². The van der Waals surface area contributed by atoms with Crippen LogP contribution in [0.25, 0.3) is 5.69 Å². The maximum atomic E-state index is 13.2. The van der Waals surface area contributed by atoms with Gasteiger partial charge in [0.25, 0.3) is 5.91 Å². The number of carbonyl (C=O) groups is 1. The minimum atomic E-state index is -3.82. The van der Waals surface area contributed by atoms with Crippen LogP contribution in [-0.4, -0.2) is 61.8 Å². The molecule has 0 spiro atoms. The molecule has 0 aliphatic carbocycles. The molecule has 1 aliphatic heterocycles. The minimum absolute atomic E-state index is 0.0176. The monoisotopic (exact) mass is 490 g/mol. The number of halogens is 1. The molecule has 4 rings (SSSR count). The van der Waals surface area contributed by atoms with E-state index < -0.39 is 15.9 Å². The zero-order valence-corrected chi connectivity index (χ0v) is 19.7. The normalized spacial score (nSPS) is 14.8. The highest BCUT2D eigenvalue weighted by molar-refractivity contribution is 7.89. The number of amides is 1. The zero-order chi connectivity index (χ0) is 23.6. The first kappa shape index (κ1) is 23.2. The lowest BCUT2D eigenvalue weighted by Gasteiger charge is -2.26. The van der Waals surface area contributed by atoms with Gasteiger partial charge < -0.3 is 14.8 Å². The van der Waals surface area contributed by atoms with Crippen molar-refractivity contribution in [2.75, 3.05) is 38.7 Å². The predicted octanol–water partition coefficient (Wildman–Crippen LogP) is 3.12. The Balaban J connectivity index is 1.61. The Morgan fingerprint density at radius 3 is 2.64 bits per heavy atom. The van der Waals surface area contributed by atoms with E-state index in [-0.39, 0.29) is 23.7 Å². The van der Waals surface area contributed by atoms with Gasteiger partial charge in [-0.2, -0.15) is 9.40 Å². The number of nitrogens with one attached hydrogen (secondary N) is 1. The number of sulfonamides is 1.